The van der Waals surface area contributed by atoms with Crippen molar-refractivity contribution in [3.05, 3.63) is 29.3 Å². The quantitative estimate of drug-likeness (QED) is 0.785. The van der Waals surface area contributed by atoms with Crippen molar-refractivity contribution in [2.75, 3.05) is 43.5 Å². The maximum absolute atomic E-state index is 6.01. The standard InChI is InChI=1S/C13H18Cl2N2.ClH/c14-5-2-6-16-7-9-17(10-8-16)13-4-1-3-12(15)11-13;/h1,3-4,11H,2,5-10H2;1H. The Morgan fingerprint density at radius 3 is 2.44 bits per heavy atom. The minimum atomic E-state index is 0. The third-order valence-electron chi connectivity index (χ3n) is 3.15. The van der Waals surface area contributed by atoms with Crippen molar-refractivity contribution in [3.8, 4) is 0 Å². The fourth-order valence-corrected chi connectivity index (χ4v) is 2.49. The summed E-state index contributed by atoms with van der Waals surface area (Å²) in [7, 11) is 0. The van der Waals surface area contributed by atoms with Crippen molar-refractivity contribution in [2.24, 2.45) is 0 Å². The normalized spacial score (nSPS) is 16.4. The molecule has 1 aliphatic rings. The predicted molar refractivity (Wildman–Crippen MR) is 82.7 cm³/mol. The molecule has 1 heterocycles. The van der Waals surface area contributed by atoms with Crippen LogP contribution in [-0.2, 0) is 0 Å². The number of anilines is 1. The zero-order valence-electron chi connectivity index (χ0n) is 10.3. The molecule has 1 aromatic rings. The molecular weight excluding hydrogens is 291 g/mol. The lowest BCUT2D eigenvalue weighted by molar-refractivity contribution is 0.259. The highest BCUT2D eigenvalue weighted by atomic mass is 35.5. The summed E-state index contributed by atoms with van der Waals surface area (Å²) in [5.74, 6) is 0.758. The highest BCUT2D eigenvalue weighted by Gasteiger charge is 2.16. The van der Waals surface area contributed by atoms with Gasteiger partial charge in [0.2, 0.25) is 0 Å². The smallest absolute Gasteiger partial charge is 0.0426 e. The van der Waals surface area contributed by atoms with Crippen LogP contribution in [0, 0.1) is 0 Å². The molecule has 0 atom stereocenters. The molecule has 1 aliphatic heterocycles. The third-order valence-corrected chi connectivity index (χ3v) is 3.66. The van der Waals surface area contributed by atoms with Crippen molar-refractivity contribution >= 4 is 41.3 Å². The van der Waals surface area contributed by atoms with E-state index in [-0.39, 0.29) is 12.4 Å². The molecule has 0 aromatic heterocycles. The third kappa shape index (κ3) is 4.51. The Kier molecular flexibility index (Phi) is 7.16. The van der Waals surface area contributed by atoms with Crippen LogP contribution in [0.4, 0.5) is 5.69 Å². The number of rotatable bonds is 4. The second-order valence-corrected chi connectivity index (χ2v) is 5.17. The van der Waals surface area contributed by atoms with Gasteiger partial charge in [-0.2, -0.15) is 0 Å². The number of piperazine rings is 1. The Bertz CT molecular complexity index is 352. The zero-order valence-corrected chi connectivity index (χ0v) is 12.6. The lowest BCUT2D eigenvalue weighted by Crippen LogP contribution is -2.46. The van der Waals surface area contributed by atoms with Crippen LogP contribution in [0.1, 0.15) is 6.42 Å². The Morgan fingerprint density at radius 2 is 1.83 bits per heavy atom. The van der Waals surface area contributed by atoms with Crippen LogP contribution in [-0.4, -0.2) is 43.5 Å². The van der Waals surface area contributed by atoms with Gasteiger partial charge in [0.05, 0.1) is 0 Å². The fourth-order valence-electron chi connectivity index (χ4n) is 2.19. The summed E-state index contributed by atoms with van der Waals surface area (Å²) >= 11 is 11.7. The maximum Gasteiger partial charge on any atom is 0.0426 e. The van der Waals surface area contributed by atoms with E-state index in [2.05, 4.69) is 15.9 Å². The summed E-state index contributed by atoms with van der Waals surface area (Å²) in [5, 5.41) is 0.812. The molecule has 0 aliphatic carbocycles. The molecule has 2 rings (SSSR count). The van der Waals surface area contributed by atoms with Crippen molar-refractivity contribution in [1.29, 1.82) is 0 Å². The second kappa shape index (κ2) is 8.11. The van der Waals surface area contributed by atoms with Gasteiger partial charge in [-0.3, -0.25) is 4.90 Å². The Hall–Kier alpha value is -0.150. The summed E-state index contributed by atoms with van der Waals surface area (Å²) in [6, 6.07) is 8.09. The highest BCUT2D eigenvalue weighted by Crippen LogP contribution is 2.20. The molecule has 102 valence electrons. The average molecular weight is 310 g/mol. The number of nitrogens with zero attached hydrogens (tertiary/aromatic N) is 2. The SMILES string of the molecule is Cl.ClCCCN1CCN(c2cccc(Cl)c2)CC1. The summed E-state index contributed by atoms with van der Waals surface area (Å²) < 4.78 is 0. The largest absolute Gasteiger partial charge is 0.369 e. The molecule has 0 radical (unpaired) electrons. The van der Waals surface area contributed by atoms with Gasteiger partial charge in [0, 0.05) is 42.8 Å². The van der Waals surface area contributed by atoms with Gasteiger partial charge in [-0.05, 0) is 31.2 Å². The number of hydrogen-bond donors (Lipinski definition) is 0. The number of hydrogen-bond acceptors (Lipinski definition) is 2. The summed E-state index contributed by atoms with van der Waals surface area (Å²) in [5.41, 5.74) is 1.23. The molecule has 0 saturated carbocycles. The first-order valence-electron chi connectivity index (χ1n) is 6.08. The monoisotopic (exact) mass is 308 g/mol. The van der Waals surface area contributed by atoms with E-state index < -0.39 is 0 Å². The number of benzene rings is 1. The van der Waals surface area contributed by atoms with Gasteiger partial charge in [-0.25, -0.2) is 0 Å². The lowest BCUT2D eigenvalue weighted by atomic mass is 10.2. The first kappa shape index (κ1) is 15.9. The van der Waals surface area contributed by atoms with E-state index in [4.69, 9.17) is 23.2 Å². The molecule has 1 fully saturated rings. The van der Waals surface area contributed by atoms with Crippen LogP contribution in [0.2, 0.25) is 5.02 Å². The topological polar surface area (TPSA) is 6.48 Å². The number of halogens is 3. The van der Waals surface area contributed by atoms with Gasteiger partial charge in [0.25, 0.3) is 0 Å². The van der Waals surface area contributed by atoms with Crippen LogP contribution in [0.15, 0.2) is 24.3 Å². The molecule has 0 amide bonds. The molecule has 0 spiro atoms. The summed E-state index contributed by atoms with van der Waals surface area (Å²) in [4.78, 5) is 4.87. The molecule has 2 nitrogen and oxygen atoms in total. The van der Waals surface area contributed by atoms with Crippen molar-refractivity contribution < 1.29 is 0 Å². The Morgan fingerprint density at radius 1 is 1.11 bits per heavy atom. The summed E-state index contributed by atoms with van der Waals surface area (Å²) in [6.07, 6.45) is 1.08. The second-order valence-electron chi connectivity index (χ2n) is 4.35. The van der Waals surface area contributed by atoms with E-state index in [1.807, 2.05) is 18.2 Å². The molecule has 18 heavy (non-hydrogen) atoms. The minimum absolute atomic E-state index is 0. The minimum Gasteiger partial charge on any atom is -0.369 e. The lowest BCUT2D eigenvalue weighted by Gasteiger charge is -2.36. The van der Waals surface area contributed by atoms with Gasteiger partial charge < -0.3 is 4.90 Å². The molecular formula is C13H19Cl3N2. The maximum atomic E-state index is 6.01. The first-order chi connectivity index (χ1) is 8.29. The number of alkyl halides is 1. The van der Waals surface area contributed by atoms with E-state index in [0.29, 0.717) is 0 Å². The van der Waals surface area contributed by atoms with Gasteiger partial charge in [-0.1, -0.05) is 17.7 Å². The Balaban J connectivity index is 0.00000162. The summed E-state index contributed by atoms with van der Waals surface area (Å²) in [6.45, 7) is 5.49. The molecule has 5 heteroatoms. The van der Waals surface area contributed by atoms with Crippen molar-refractivity contribution in [1.82, 2.24) is 4.90 Å². The van der Waals surface area contributed by atoms with Crippen LogP contribution < -0.4 is 4.90 Å². The van der Waals surface area contributed by atoms with Crippen LogP contribution >= 0.6 is 35.6 Å². The molecule has 0 N–H and O–H groups in total. The van der Waals surface area contributed by atoms with Gasteiger partial charge in [0.1, 0.15) is 0 Å². The van der Waals surface area contributed by atoms with E-state index in [1.165, 1.54) is 5.69 Å². The Labute approximate surface area is 125 Å². The van der Waals surface area contributed by atoms with Gasteiger partial charge in [0.15, 0.2) is 0 Å². The molecule has 0 bridgehead atoms. The van der Waals surface area contributed by atoms with E-state index in [9.17, 15) is 0 Å². The zero-order chi connectivity index (χ0) is 12.1. The van der Waals surface area contributed by atoms with Crippen LogP contribution in [0.3, 0.4) is 0 Å². The molecule has 1 aromatic carbocycles. The molecule has 1 saturated heterocycles. The van der Waals surface area contributed by atoms with Crippen molar-refractivity contribution in [2.45, 2.75) is 6.42 Å². The average Bonchev–Trinajstić information content (AvgIpc) is 2.37. The predicted octanol–water partition coefficient (Wildman–Crippen LogP) is 3.51. The highest BCUT2D eigenvalue weighted by molar-refractivity contribution is 6.30. The van der Waals surface area contributed by atoms with E-state index in [0.717, 1.165) is 50.0 Å². The fraction of sp³-hybridized carbons (Fsp3) is 0.538. The van der Waals surface area contributed by atoms with Crippen molar-refractivity contribution in [3.63, 3.8) is 0 Å². The first-order valence-corrected chi connectivity index (χ1v) is 6.99. The van der Waals surface area contributed by atoms with E-state index in [1.54, 1.807) is 0 Å². The van der Waals surface area contributed by atoms with Crippen LogP contribution in [0.25, 0.3) is 0 Å². The van der Waals surface area contributed by atoms with Gasteiger partial charge >= 0.3 is 0 Å². The van der Waals surface area contributed by atoms with Crippen LogP contribution in [0.5, 0.6) is 0 Å². The molecule has 0 unspecified atom stereocenters. The van der Waals surface area contributed by atoms with Gasteiger partial charge in [-0.15, -0.1) is 24.0 Å². The van der Waals surface area contributed by atoms with E-state index >= 15 is 0 Å².